The SMILES string of the molecule is COC1C(OP(=O)(O)OC[C@H]2O[C@@H](n3cnc4c(=O)[nH]c(N)nc43)C(O)C2O)[C@@H](COP(=O)(O)OC2C(O)[C@H](n3cnc4c3NC=NC4N)O[C@@H]2COP(=O)(O)OP(=O)(O)OP(=O)(O)O)O[C@H]1n1cnc2c(=O)[nH]c(N)nc21. The van der Waals surface area contributed by atoms with Gasteiger partial charge in [0.15, 0.2) is 41.0 Å². The third-order valence-electron chi connectivity index (χ3n) is 11.6. The van der Waals surface area contributed by atoms with Gasteiger partial charge in [0.1, 0.15) is 72.6 Å². The summed E-state index contributed by atoms with van der Waals surface area (Å²) in [5.41, 5.74) is 15.0. The van der Waals surface area contributed by atoms with Crippen LogP contribution in [0.5, 0.6) is 0 Å². The van der Waals surface area contributed by atoms with Crippen LogP contribution in [-0.2, 0) is 73.0 Å². The Labute approximate surface area is 430 Å². The van der Waals surface area contributed by atoms with Crippen molar-refractivity contribution in [3.05, 3.63) is 45.4 Å². The molecule has 0 bridgehead atoms. The van der Waals surface area contributed by atoms with E-state index >= 15 is 0 Å². The predicted octanol–water partition coefficient (Wildman–Crippen LogP) is -4.14. The maximum absolute atomic E-state index is 14.0. The van der Waals surface area contributed by atoms with E-state index in [4.69, 9.17) is 64.0 Å². The van der Waals surface area contributed by atoms with Crippen LogP contribution in [0.3, 0.4) is 0 Å². The second-order valence-corrected chi connectivity index (χ2v) is 24.0. The van der Waals surface area contributed by atoms with Gasteiger partial charge in [0.25, 0.3) is 11.1 Å². The monoisotopic (exact) mass is 1210 g/mol. The predicted molar refractivity (Wildman–Crippen MR) is 248 cm³/mol. The molecule has 0 amide bonds. The smallest absolute Gasteiger partial charge is 0.387 e. The topological polar surface area (TPSA) is 616 Å². The zero-order valence-electron chi connectivity index (χ0n) is 38.8. The molecule has 11 unspecified atom stereocenters. The number of aliphatic hydroxyl groups is 3. The number of nitrogens with one attached hydrogen (secondary N) is 3. The van der Waals surface area contributed by atoms with Crippen LogP contribution in [0.25, 0.3) is 22.3 Å². The van der Waals surface area contributed by atoms with Crippen LogP contribution in [0, 0.1) is 0 Å². The summed E-state index contributed by atoms with van der Waals surface area (Å²) in [7, 11) is -28.0. The van der Waals surface area contributed by atoms with Crippen molar-refractivity contribution in [1.29, 1.82) is 0 Å². The molecule has 42 nitrogen and oxygen atoms in total. The zero-order chi connectivity index (χ0) is 56.6. The van der Waals surface area contributed by atoms with Crippen molar-refractivity contribution in [3.63, 3.8) is 0 Å². The fraction of sp³-hybridized carbons (Fsp3) is 0.548. The number of nitrogen functional groups attached to an aromatic ring is 2. The van der Waals surface area contributed by atoms with Gasteiger partial charge in [-0.2, -0.15) is 18.6 Å². The van der Waals surface area contributed by atoms with Crippen molar-refractivity contribution in [1.82, 2.24) is 48.6 Å². The lowest BCUT2D eigenvalue weighted by molar-refractivity contribution is -0.0628. The van der Waals surface area contributed by atoms with Gasteiger partial charge >= 0.3 is 39.1 Å². The lowest BCUT2D eigenvalue weighted by Gasteiger charge is -2.27. The number of hydrogen-bond donors (Lipinski definition) is 15. The average molecular weight is 1210 g/mol. The molecular formula is C31H44N15O27P5. The average Bonchev–Trinajstić information content (AvgIpc) is 4.40. The molecule has 0 spiro atoms. The van der Waals surface area contributed by atoms with Crippen LogP contribution >= 0.6 is 39.1 Å². The minimum absolute atomic E-state index is 0.0431. The highest BCUT2D eigenvalue weighted by atomic mass is 31.3. The Morgan fingerprint density at radius 1 is 0.615 bits per heavy atom. The number of aliphatic hydroxyl groups excluding tert-OH is 3. The van der Waals surface area contributed by atoms with Crippen molar-refractivity contribution in [2.24, 2.45) is 10.7 Å². The summed E-state index contributed by atoms with van der Waals surface area (Å²) in [6.45, 7) is -3.58. The summed E-state index contributed by atoms with van der Waals surface area (Å²) < 4.78 is 124. The molecule has 0 saturated carbocycles. The van der Waals surface area contributed by atoms with Crippen LogP contribution in [0.1, 0.15) is 30.5 Å². The van der Waals surface area contributed by atoms with Crippen LogP contribution < -0.4 is 33.6 Å². The molecule has 5 aromatic heterocycles. The van der Waals surface area contributed by atoms with Gasteiger partial charge in [-0.25, -0.2) is 37.8 Å². The summed E-state index contributed by atoms with van der Waals surface area (Å²) in [5, 5.41) is 36.1. The Balaban J connectivity index is 0.951. The molecule has 78 heavy (non-hydrogen) atoms. The van der Waals surface area contributed by atoms with Crippen molar-refractivity contribution in [3.8, 4) is 0 Å². The van der Waals surface area contributed by atoms with Crippen LogP contribution in [0.4, 0.5) is 17.7 Å². The third-order valence-corrected chi connectivity index (χ3v) is 17.4. The summed E-state index contributed by atoms with van der Waals surface area (Å²) in [5.74, 6) is -0.688. The maximum atomic E-state index is 14.0. The quantitative estimate of drug-likeness (QED) is 0.0310. The van der Waals surface area contributed by atoms with Crippen LogP contribution in [-0.4, -0.2) is 181 Å². The van der Waals surface area contributed by atoms with Crippen LogP contribution in [0.2, 0.25) is 0 Å². The summed E-state index contributed by atoms with van der Waals surface area (Å²) in [6, 6.07) is 0. The fourth-order valence-electron chi connectivity index (χ4n) is 8.37. The molecule has 3 fully saturated rings. The highest BCUT2D eigenvalue weighted by molar-refractivity contribution is 7.66. The number of aliphatic imine (C=N–C) groups is 1. The van der Waals surface area contributed by atoms with E-state index in [-0.39, 0.29) is 39.8 Å². The van der Waals surface area contributed by atoms with Gasteiger partial charge in [0, 0.05) is 7.11 Å². The standard InChI is InChI=1S/C31H44N15O27P5/c1-63-20-19(71-76(57,58)64-2-9-15(47)16(48)27(67-9)45-7-38-13-23(45)40-30(33)42-25(13)50)11(69-29(20)46-8-39-14-24(46)41-31(34)43-26(14)51)4-65-75(55,56)70-18-10(3-66-77(59,60)73-78(61,62)72-74(52,53)54)68-28(17(18)49)44-6-37-12-21(32)35-5-36-22(12)44/h5-11,15-21,27-29,47-49H,2-4,32H2,1H3,(H,35,36)(H,55,56)(H,57,58)(H,59,60)(H,61,62)(H2,52,53,54)(H3,33,40,42,50)(H3,34,41,43,51)/t9-,10-,11-,15?,16?,17?,18?,19?,20?,21?,27-,28-,29-/m1/s1. The number of nitrogens with zero attached hydrogens (tertiary/aromatic N) is 9. The minimum atomic E-state index is -6.06. The van der Waals surface area contributed by atoms with E-state index < -0.39 is 156 Å². The Morgan fingerprint density at radius 2 is 1.10 bits per heavy atom. The second-order valence-electron chi connectivity index (χ2n) is 16.7. The summed E-state index contributed by atoms with van der Waals surface area (Å²) >= 11 is 0. The number of aromatic amines is 2. The number of hydrogen-bond acceptors (Lipinski definition) is 31. The largest absolute Gasteiger partial charge is 0.490 e. The number of anilines is 3. The molecule has 4 aliphatic rings. The van der Waals surface area contributed by atoms with Gasteiger partial charge < -0.3 is 86.1 Å². The van der Waals surface area contributed by atoms with Crippen molar-refractivity contribution < 1.29 is 118 Å². The Kier molecular flexibility index (Phi) is 16.1. The van der Waals surface area contributed by atoms with Gasteiger partial charge in [-0.1, -0.05) is 0 Å². The molecule has 3 saturated heterocycles. The molecule has 47 heteroatoms. The molecule has 0 aliphatic carbocycles. The number of ether oxygens (including phenoxy) is 4. The van der Waals surface area contributed by atoms with E-state index in [9.17, 15) is 67.3 Å². The number of phosphoric ester groups is 3. The summed E-state index contributed by atoms with van der Waals surface area (Å²) in [4.78, 5) is 114. The molecule has 430 valence electrons. The van der Waals surface area contributed by atoms with Gasteiger partial charge in [-0.3, -0.25) is 60.9 Å². The lowest BCUT2D eigenvalue weighted by Crippen LogP contribution is -2.38. The number of imidazole rings is 3. The van der Waals surface area contributed by atoms with E-state index in [1.54, 1.807) is 0 Å². The number of H-pyrrole nitrogens is 2. The number of fused-ring (bicyclic) bond motifs is 3. The number of rotatable bonds is 21. The minimum Gasteiger partial charge on any atom is -0.387 e. The third kappa shape index (κ3) is 12.1. The second kappa shape index (κ2) is 21.6. The first kappa shape index (κ1) is 58.0. The number of aromatic nitrogens is 10. The van der Waals surface area contributed by atoms with Gasteiger partial charge in [-0.05, 0) is 0 Å². The Morgan fingerprint density at radius 3 is 1.68 bits per heavy atom. The highest BCUT2D eigenvalue weighted by Crippen LogP contribution is 2.66. The lowest BCUT2D eigenvalue weighted by atomic mass is 10.1. The molecule has 0 radical (unpaired) electrons. The van der Waals surface area contributed by atoms with E-state index in [1.165, 1.54) is 0 Å². The molecule has 0 aromatic carbocycles. The zero-order valence-corrected chi connectivity index (χ0v) is 43.3. The van der Waals surface area contributed by atoms with E-state index in [0.717, 1.165) is 46.1 Å². The van der Waals surface area contributed by atoms with Crippen LogP contribution in [0.15, 0.2) is 33.6 Å². The van der Waals surface area contributed by atoms with Gasteiger partial charge in [-0.15, -0.1) is 0 Å². The Bertz CT molecular complexity index is 3480. The maximum Gasteiger partial charge on any atom is 0.490 e. The fourth-order valence-corrected chi connectivity index (χ4v) is 13.3. The number of nitrogens with two attached hydrogens (primary N) is 3. The first-order valence-corrected chi connectivity index (χ1v) is 29.1. The Hall–Kier alpha value is -4.71. The molecule has 5 aromatic rings. The van der Waals surface area contributed by atoms with Crippen molar-refractivity contribution in [2.75, 3.05) is 43.7 Å². The van der Waals surface area contributed by atoms with Gasteiger partial charge in [0.2, 0.25) is 11.9 Å². The molecule has 4 aliphatic heterocycles. The van der Waals surface area contributed by atoms with Gasteiger partial charge in [0.05, 0.1) is 45.1 Å². The molecular weight excluding hydrogens is 1170 g/mol. The van der Waals surface area contributed by atoms with E-state index in [0.29, 0.717) is 0 Å². The number of phosphoric acid groups is 5. The first-order valence-electron chi connectivity index (χ1n) is 21.6. The number of methoxy groups -OCH3 is 1. The summed E-state index contributed by atoms with van der Waals surface area (Å²) in [6.07, 6.45) is -18.6. The molecule has 17 atom stereocenters. The first-order chi connectivity index (χ1) is 36.4. The molecule has 9 heterocycles. The normalized spacial score (nSPS) is 31.4. The highest BCUT2D eigenvalue weighted by Gasteiger charge is 2.55. The van der Waals surface area contributed by atoms with E-state index in [1.807, 2.05) is 0 Å². The van der Waals surface area contributed by atoms with E-state index in [2.05, 4.69) is 58.3 Å². The van der Waals surface area contributed by atoms with Crippen molar-refractivity contribution in [2.45, 2.75) is 79.8 Å². The molecule has 9 rings (SSSR count). The molecule has 18 N–H and O–H groups in total. The van der Waals surface area contributed by atoms with Crippen molar-refractivity contribution >= 4 is 85.5 Å².